The predicted octanol–water partition coefficient (Wildman–Crippen LogP) is 3.21. The van der Waals surface area contributed by atoms with E-state index < -0.39 is 0 Å². The molecule has 0 saturated heterocycles. The van der Waals surface area contributed by atoms with Crippen LogP contribution >= 0.6 is 11.3 Å². The molecule has 0 spiro atoms. The van der Waals surface area contributed by atoms with Crippen LogP contribution in [0.25, 0.3) is 0 Å². The summed E-state index contributed by atoms with van der Waals surface area (Å²) in [6.45, 7) is 0. The maximum absolute atomic E-state index is 12.8. The lowest BCUT2D eigenvalue weighted by atomic mass is 9.83. The van der Waals surface area contributed by atoms with Gasteiger partial charge in [-0.05, 0) is 6.07 Å². The Hall–Kier alpha value is -3.39. The van der Waals surface area contributed by atoms with Crippen molar-refractivity contribution >= 4 is 39.4 Å². The van der Waals surface area contributed by atoms with Crippen LogP contribution in [0.4, 0.5) is 16.5 Å². The van der Waals surface area contributed by atoms with Crippen molar-refractivity contribution in [2.24, 2.45) is 10.2 Å². The summed E-state index contributed by atoms with van der Waals surface area (Å²) < 4.78 is 0. The maximum atomic E-state index is 12.8. The summed E-state index contributed by atoms with van der Waals surface area (Å²) in [6, 6.07) is 11.5. The first kappa shape index (κ1) is 15.2. The van der Waals surface area contributed by atoms with Gasteiger partial charge in [-0.25, -0.2) is 0 Å². The van der Waals surface area contributed by atoms with Crippen molar-refractivity contribution < 1.29 is 9.59 Å². The van der Waals surface area contributed by atoms with Gasteiger partial charge in [-0.1, -0.05) is 47.7 Å². The van der Waals surface area contributed by atoms with Gasteiger partial charge in [-0.3, -0.25) is 19.4 Å². The van der Waals surface area contributed by atoms with Crippen LogP contribution in [0.15, 0.2) is 57.5 Å². The number of ketones is 2. The number of nitrogen functional groups attached to an aromatic ring is 1. The molecule has 1 aliphatic rings. The highest BCUT2D eigenvalue weighted by Gasteiger charge is 2.31. The molecule has 0 saturated carbocycles. The molecule has 0 unspecified atom stereocenters. The van der Waals surface area contributed by atoms with Crippen LogP contribution in [0.5, 0.6) is 0 Å². The number of rotatable bonds is 2. The molecular formula is C17H10N4O3S. The summed E-state index contributed by atoms with van der Waals surface area (Å²) in [4.78, 5) is 38.8. The predicted molar refractivity (Wildman–Crippen MR) is 93.3 cm³/mol. The number of nitrogens with zero attached hydrogens (tertiary/aromatic N) is 2. The molecule has 4 rings (SSSR count). The molecule has 1 heterocycles. The Kier molecular flexibility index (Phi) is 3.40. The van der Waals surface area contributed by atoms with Gasteiger partial charge >= 0.3 is 4.87 Å². The van der Waals surface area contributed by atoms with E-state index >= 15 is 0 Å². The van der Waals surface area contributed by atoms with Gasteiger partial charge in [0.1, 0.15) is 5.82 Å². The number of H-pyrrole nitrogens is 1. The Morgan fingerprint density at radius 1 is 0.840 bits per heavy atom. The first-order valence-corrected chi connectivity index (χ1v) is 8.09. The number of aromatic nitrogens is 1. The van der Waals surface area contributed by atoms with Crippen molar-refractivity contribution in [1.29, 1.82) is 0 Å². The van der Waals surface area contributed by atoms with Gasteiger partial charge in [0.05, 0.1) is 11.3 Å². The summed E-state index contributed by atoms with van der Waals surface area (Å²) in [5.41, 5.74) is 7.10. The third kappa shape index (κ3) is 2.39. The molecule has 0 bridgehead atoms. The molecule has 3 N–H and O–H groups in total. The van der Waals surface area contributed by atoms with Crippen molar-refractivity contribution in [3.63, 3.8) is 0 Å². The Morgan fingerprint density at radius 3 is 2.20 bits per heavy atom. The highest BCUT2D eigenvalue weighted by Crippen LogP contribution is 2.34. The van der Waals surface area contributed by atoms with Crippen molar-refractivity contribution in [1.82, 2.24) is 4.98 Å². The third-order valence-electron chi connectivity index (χ3n) is 3.84. The van der Waals surface area contributed by atoms with E-state index in [1.165, 1.54) is 0 Å². The second-order valence-corrected chi connectivity index (χ2v) is 6.30. The average molecular weight is 350 g/mol. The van der Waals surface area contributed by atoms with E-state index in [9.17, 15) is 14.4 Å². The largest absolute Gasteiger partial charge is 0.383 e. The minimum absolute atomic E-state index is 0.108. The number of anilines is 1. The van der Waals surface area contributed by atoms with Crippen LogP contribution in [0.3, 0.4) is 0 Å². The number of hydrogen-bond acceptors (Lipinski definition) is 7. The third-order valence-corrected chi connectivity index (χ3v) is 4.62. The van der Waals surface area contributed by atoms with Crippen LogP contribution in [-0.4, -0.2) is 16.6 Å². The number of benzene rings is 2. The number of carbonyl (C=O) groups is 2. The minimum Gasteiger partial charge on any atom is -0.383 e. The van der Waals surface area contributed by atoms with Crippen LogP contribution < -0.4 is 10.6 Å². The molecule has 0 amide bonds. The molecule has 25 heavy (non-hydrogen) atoms. The Balaban J connectivity index is 1.85. The zero-order chi connectivity index (χ0) is 17.6. The van der Waals surface area contributed by atoms with Crippen molar-refractivity contribution in [2.45, 2.75) is 0 Å². The molecule has 8 heteroatoms. The van der Waals surface area contributed by atoms with Gasteiger partial charge in [0.15, 0.2) is 16.6 Å². The summed E-state index contributed by atoms with van der Waals surface area (Å²) in [5, 5.41) is 8.21. The van der Waals surface area contributed by atoms with Gasteiger partial charge in [0.2, 0.25) is 0 Å². The molecule has 2 aromatic carbocycles. The number of aromatic amines is 1. The molecule has 0 radical (unpaired) electrons. The lowest BCUT2D eigenvalue weighted by Gasteiger charge is -2.18. The zero-order valence-corrected chi connectivity index (χ0v) is 13.5. The smallest absolute Gasteiger partial charge is 0.308 e. The normalized spacial score (nSPS) is 13.1. The minimum atomic E-state index is -0.346. The van der Waals surface area contributed by atoms with E-state index in [1.807, 2.05) is 0 Å². The van der Waals surface area contributed by atoms with Crippen LogP contribution in [0.1, 0.15) is 31.8 Å². The van der Waals surface area contributed by atoms with Crippen LogP contribution in [-0.2, 0) is 0 Å². The Labute approximate surface area is 144 Å². The van der Waals surface area contributed by atoms with Gasteiger partial charge < -0.3 is 5.73 Å². The van der Waals surface area contributed by atoms with Gasteiger partial charge in [0.25, 0.3) is 0 Å². The molecule has 7 nitrogen and oxygen atoms in total. The fourth-order valence-electron chi connectivity index (χ4n) is 2.72. The second-order valence-electron chi connectivity index (χ2n) is 5.34. The zero-order valence-electron chi connectivity index (χ0n) is 12.6. The van der Waals surface area contributed by atoms with Crippen LogP contribution in [0, 0.1) is 0 Å². The Morgan fingerprint density at radius 2 is 1.52 bits per heavy atom. The number of fused-ring (bicyclic) bond motifs is 2. The van der Waals surface area contributed by atoms with E-state index in [-0.39, 0.29) is 44.1 Å². The van der Waals surface area contributed by atoms with E-state index in [2.05, 4.69) is 15.2 Å². The standard InChI is InChI=1S/C17H10N4O3S/c18-15-16(25-17(24)19-15)21-20-11-7-3-6-10-12(11)14(23)9-5-2-1-4-8(9)13(10)22/h1-7H,18H2,(H,19,24). The molecule has 0 atom stereocenters. The number of thiazole rings is 1. The van der Waals surface area contributed by atoms with Crippen molar-refractivity contribution in [3.05, 3.63) is 74.4 Å². The highest BCUT2D eigenvalue weighted by atomic mass is 32.1. The summed E-state index contributed by atoms with van der Waals surface area (Å²) in [5.74, 6) is -0.403. The SMILES string of the molecule is Nc1[nH]c(=O)sc1N=Nc1cccc2c1C(=O)c1ccccc1C2=O. The summed E-state index contributed by atoms with van der Waals surface area (Å²) in [7, 11) is 0. The second kappa shape index (κ2) is 5.60. The van der Waals surface area contributed by atoms with Gasteiger partial charge in [-0.15, -0.1) is 10.2 Å². The Bertz CT molecular complexity index is 1130. The topological polar surface area (TPSA) is 118 Å². The van der Waals surface area contributed by atoms with Crippen LogP contribution in [0.2, 0.25) is 0 Å². The van der Waals surface area contributed by atoms with E-state index in [1.54, 1.807) is 42.5 Å². The highest BCUT2D eigenvalue weighted by molar-refractivity contribution is 7.13. The number of nitrogens with two attached hydrogens (primary N) is 1. The molecule has 122 valence electrons. The van der Waals surface area contributed by atoms with Crippen molar-refractivity contribution in [2.75, 3.05) is 5.73 Å². The van der Waals surface area contributed by atoms with E-state index in [4.69, 9.17) is 5.73 Å². The number of azo groups is 1. The number of hydrogen-bond donors (Lipinski definition) is 2. The summed E-state index contributed by atoms with van der Waals surface area (Å²) in [6.07, 6.45) is 0. The lowest BCUT2D eigenvalue weighted by molar-refractivity contribution is 0.0979. The number of carbonyl (C=O) groups excluding carboxylic acids is 2. The fourth-order valence-corrected chi connectivity index (χ4v) is 3.29. The maximum Gasteiger partial charge on any atom is 0.308 e. The quantitative estimate of drug-likeness (QED) is 0.540. The van der Waals surface area contributed by atoms with Gasteiger partial charge in [-0.2, -0.15) is 0 Å². The lowest BCUT2D eigenvalue weighted by Crippen LogP contribution is -2.20. The molecule has 0 aliphatic heterocycles. The molecule has 1 aromatic heterocycles. The monoisotopic (exact) mass is 350 g/mol. The summed E-state index contributed by atoms with van der Waals surface area (Å²) >= 11 is 0.813. The first-order chi connectivity index (χ1) is 12.1. The molecule has 3 aromatic rings. The number of nitrogens with one attached hydrogen (secondary N) is 1. The first-order valence-electron chi connectivity index (χ1n) is 7.28. The molecule has 0 fully saturated rings. The fraction of sp³-hybridized carbons (Fsp3) is 0. The molecular weight excluding hydrogens is 340 g/mol. The van der Waals surface area contributed by atoms with Gasteiger partial charge in [0, 0.05) is 16.7 Å². The molecule has 1 aliphatic carbocycles. The van der Waals surface area contributed by atoms with Crippen molar-refractivity contribution in [3.8, 4) is 0 Å². The average Bonchev–Trinajstić information content (AvgIpc) is 2.95. The van der Waals surface area contributed by atoms with E-state index in [0.717, 1.165) is 11.3 Å². The van der Waals surface area contributed by atoms with E-state index in [0.29, 0.717) is 11.1 Å².